The minimum atomic E-state index is -0.273. The molecule has 21 heavy (non-hydrogen) atoms. The third kappa shape index (κ3) is 2.97. The molecule has 0 radical (unpaired) electrons. The summed E-state index contributed by atoms with van der Waals surface area (Å²) in [5.74, 6) is -0.291. The summed E-state index contributed by atoms with van der Waals surface area (Å²) < 4.78 is 0. The van der Waals surface area contributed by atoms with Crippen LogP contribution < -0.4 is 10.2 Å². The molecular weight excluding hydrogens is 266 g/mol. The van der Waals surface area contributed by atoms with Gasteiger partial charge in [-0.15, -0.1) is 0 Å². The van der Waals surface area contributed by atoms with Crippen molar-refractivity contribution in [3.8, 4) is 5.75 Å². The topological polar surface area (TPSA) is 65.5 Å². The number of nitrogens with one attached hydrogen (secondary N) is 1. The molecule has 1 aromatic heterocycles. The van der Waals surface area contributed by atoms with Gasteiger partial charge < -0.3 is 15.3 Å². The molecule has 1 saturated heterocycles. The highest BCUT2D eigenvalue weighted by atomic mass is 16.3. The summed E-state index contributed by atoms with van der Waals surface area (Å²) in [4.78, 5) is 18.4. The predicted octanol–water partition coefficient (Wildman–Crippen LogP) is 2.64. The average molecular weight is 283 g/mol. The van der Waals surface area contributed by atoms with Crippen molar-refractivity contribution < 1.29 is 9.90 Å². The normalized spacial score (nSPS) is 14.2. The first-order chi connectivity index (χ1) is 10.2. The number of para-hydroxylation sites is 2. The van der Waals surface area contributed by atoms with E-state index in [1.165, 1.54) is 31.3 Å². The number of hydrogen-bond acceptors (Lipinski definition) is 4. The molecule has 0 bridgehead atoms. The Bertz CT molecular complexity index is 651. The van der Waals surface area contributed by atoms with Crippen LogP contribution in [0.4, 0.5) is 11.4 Å². The molecule has 1 aliphatic heterocycles. The summed E-state index contributed by atoms with van der Waals surface area (Å²) >= 11 is 0. The molecule has 108 valence electrons. The molecule has 0 spiro atoms. The van der Waals surface area contributed by atoms with Crippen LogP contribution in [0.3, 0.4) is 0 Å². The van der Waals surface area contributed by atoms with Crippen molar-refractivity contribution in [3.05, 3.63) is 48.3 Å². The van der Waals surface area contributed by atoms with Gasteiger partial charge in [-0.1, -0.05) is 12.1 Å². The Morgan fingerprint density at radius 1 is 1.19 bits per heavy atom. The smallest absolute Gasteiger partial charge is 0.257 e. The number of amides is 1. The van der Waals surface area contributed by atoms with Gasteiger partial charge in [0, 0.05) is 19.3 Å². The fraction of sp³-hybridized carbons (Fsp3) is 0.250. The lowest BCUT2D eigenvalue weighted by Gasteiger charge is -2.21. The number of benzene rings is 1. The highest BCUT2D eigenvalue weighted by molar-refractivity contribution is 6.05. The van der Waals surface area contributed by atoms with E-state index in [4.69, 9.17) is 0 Å². The van der Waals surface area contributed by atoms with E-state index < -0.39 is 0 Å². The first-order valence-corrected chi connectivity index (χ1v) is 7.03. The van der Waals surface area contributed by atoms with Crippen molar-refractivity contribution in [1.82, 2.24) is 4.98 Å². The third-order valence-electron chi connectivity index (χ3n) is 3.59. The first kappa shape index (κ1) is 13.4. The number of carbonyl (C=O) groups is 1. The van der Waals surface area contributed by atoms with Crippen LogP contribution in [0.25, 0.3) is 0 Å². The van der Waals surface area contributed by atoms with E-state index in [0.29, 0.717) is 5.56 Å². The fourth-order valence-electron chi connectivity index (χ4n) is 2.56. The molecule has 0 aliphatic carbocycles. The Balaban J connectivity index is 1.83. The Morgan fingerprint density at radius 3 is 2.71 bits per heavy atom. The Morgan fingerprint density at radius 2 is 1.95 bits per heavy atom. The van der Waals surface area contributed by atoms with Gasteiger partial charge in [0.2, 0.25) is 0 Å². The van der Waals surface area contributed by atoms with Crippen molar-refractivity contribution in [3.63, 3.8) is 0 Å². The predicted molar refractivity (Wildman–Crippen MR) is 81.7 cm³/mol. The Kier molecular flexibility index (Phi) is 3.73. The maximum atomic E-state index is 12.3. The molecule has 2 N–H and O–H groups in total. The Hall–Kier alpha value is -2.56. The third-order valence-corrected chi connectivity index (χ3v) is 3.59. The number of hydrogen-bond donors (Lipinski definition) is 2. The number of rotatable bonds is 3. The minimum absolute atomic E-state index is 0.0181. The van der Waals surface area contributed by atoms with Crippen molar-refractivity contribution in [2.45, 2.75) is 12.8 Å². The number of aromatic nitrogens is 1. The zero-order valence-corrected chi connectivity index (χ0v) is 11.6. The van der Waals surface area contributed by atoms with Gasteiger partial charge in [-0.3, -0.25) is 9.78 Å². The standard InChI is InChI=1S/C16H17N3O2/c20-13-9-12(10-17-11-13)16(21)18-14-5-1-2-6-15(14)19-7-3-4-8-19/h1-2,5-6,9-11,20H,3-4,7-8H2,(H,18,21). The first-order valence-electron chi connectivity index (χ1n) is 7.03. The summed E-state index contributed by atoms with van der Waals surface area (Å²) in [7, 11) is 0. The summed E-state index contributed by atoms with van der Waals surface area (Å²) in [6, 6.07) is 9.18. The maximum Gasteiger partial charge on any atom is 0.257 e. The van der Waals surface area contributed by atoms with Gasteiger partial charge in [-0.25, -0.2) is 0 Å². The molecule has 2 aromatic rings. The quantitative estimate of drug-likeness (QED) is 0.909. The number of pyridine rings is 1. The monoisotopic (exact) mass is 283 g/mol. The fourth-order valence-corrected chi connectivity index (χ4v) is 2.56. The van der Waals surface area contributed by atoms with Crippen LogP contribution in [0.2, 0.25) is 0 Å². The maximum absolute atomic E-state index is 12.3. The van der Waals surface area contributed by atoms with Crippen molar-refractivity contribution in [2.24, 2.45) is 0 Å². The average Bonchev–Trinajstić information content (AvgIpc) is 3.02. The molecule has 1 fully saturated rings. The lowest BCUT2D eigenvalue weighted by Crippen LogP contribution is -2.21. The van der Waals surface area contributed by atoms with Gasteiger partial charge in [-0.2, -0.15) is 0 Å². The number of anilines is 2. The van der Waals surface area contributed by atoms with E-state index in [0.717, 1.165) is 24.5 Å². The van der Waals surface area contributed by atoms with Crippen LogP contribution in [-0.4, -0.2) is 29.1 Å². The van der Waals surface area contributed by atoms with Crippen molar-refractivity contribution >= 4 is 17.3 Å². The summed E-state index contributed by atoms with van der Waals surface area (Å²) in [5, 5.41) is 12.3. The highest BCUT2D eigenvalue weighted by Gasteiger charge is 2.17. The second-order valence-corrected chi connectivity index (χ2v) is 5.10. The van der Waals surface area contributed by atoms with E-state index in [9.17, 15) is 9.90 Å². The summed E-state index contributed by atoms with van der Waals surface area (Å²) in [6.45, 7) is 2.03. The van der Waals surface area contributed by atoms with Gasteiger partial charge in [0.15, 0.2) is 0 Å². The summed E-state index contributed by atoms with van der Waals surface area (Å²) in [5.41, 5.74) is 2.16. The molecule has 0 unspecified atom stereocenters. The second-order valence-electron chi connectivity index (χ2n) is 5.10. The SMILES string of the molecule is O=C(Nc1ccccc1N1CCCC1)c1cncc(O)c1. The van der Waals surface area contributed by atoms with E-state index in [2.05, 4.69) is 15.2 Å². The van der Waals surface area contributed by atoms with Gasteiger partial charge >= 0.3 is 0 Å². The molecule has 2 heterocycles. The largest absolute Gasteiger partial charge is 0.506 e. The van der Waals surface area contributed by atoms with Crippen LogP contribution in [0, 0.1) is 0 Å². The zero-order valence-electron chi connectivity index (χ0n) is 11.6. The van der Waals surface area contributed by atoms with E-state index in [1.54, 1.807) is 0 Å². The molecule has 0 saturated carbocycles. The molecule has 5 nitrogen and oxygen atoms in total. The number of nitrogens with zero attached hydrogens (tertiary/aromatic N) is 2. The minimum Gasteiger partial charge on any atom is -0.506 e. The van der Waals surface area contributed by atoms with Crippen LogP contribution >= 0.6 is 0 Å². The second kappa shape index (κ2) is 5.83. The van der Waals surface area contributed by atoms with Crippen molar-refractivity contribution in [1.29, 1.82) is 0 Å². The lowest BCUT2D eigenvalue weighted by molar-refractivity contribution is 0.102. The van der Waals surface area contributed by atoms with Gasteiger partial charge in [-0.05, 0) is 31.0 Å². The molecule has 1 aromatic carbocycles. The van der Waals surface area contributed by atoms with Crippen LogP contribution in [0.1, 0.15) is 23.2 Å². The molecule has 1 aliphatic rings. The number of carbonyl (C=O) groups excluding carboxylic acids is 1. The zero-order chi connectivity index (χ0) is 14.7. The Labute approximate surface area is 123 Å². The van der Waals surface area contributed by atoms with Crippen LogP contribution in [0.5, 0.6) is 5.75 Å². The molecule has 1 amide bonds. The highest BCUT2D eigenvalue weighted by Crippen LogP contribution is 2.29. The molecule has 3 rings (SSSR count). The van der Waals surface area contributed by atoms with Crippen molar-refractivity contribution in [2.75, 3.05) is 23.3 Å². The molecule has 0 atom stereocenters. The molecular formula is C16H17N3O2. The van der Waals surface area contributed by atoms with Crippen LogP contribution in [-0.2, 0) is 0 Å². The lowest BCUT2D eigenvalue weighted by atomic mass is 10.2. The van der Waals surface area contributed by atoms with Gasteiger partial charge in [0.05, 0.1) is 23.1 Å². The number of aromatic hydroxyl groups is 1. The van der Waals surface area contributed by atoms with E-state index in [1.807, 2.05) is 24.3 Å². The van der Waals surface area contributed by atoms with Crippen LogP contribution in [0.15, 0.2) is 42.7 Å². The van der Waals surface area contributed by atoms with E-state index >= 15 is 0 Å². The molecule has 5 heteroatoms. The van der Waals surface area contributed by atoms with Gasteiger partial charge in [0.25, 0.3) is 5.91 Å². The summed E-state index contributed by atoms with van der Waals surface area (Å²) in [6.07, 6.45) is 5.10. The van der Waals surface area contributed by atoms with E-state index in [-0.39, 0.29) is 11.7 Å². The van der Waals surface area contributed by atoms with Gasteiger partial charge in [0.1, 0.15) is 5.75 Å².